The molecule has 0 aliphatic carbocycles. The highest BCUT2D eigenvalue weighted by Crippen LogP contribution is 2.40. The highest BCUT2D eigenvalue weighted by molar-refractivity contribution is 5.13. The largest absolute Gasteiger partial charge is 0.396 e. The standard InChI is InChI=1S/C17H24O5/c1-17(2)21-15-14(19-11-12-7-4-3-5-8-12)13(9-6-10-18)20-16(15)22-17/h3-5,7-8,13-16,18H,6,9-11H2,1-2H3/t13?,14-,15+,16+/m0/s1. The van der Waals surface area contributed by atoms with Gasteiger partial charge in [0.25, 0.3) is 0 Å². The van der Waals surface area contributed by atoms with Gasteiger partial charge in [-0.1, -0.05) is 30.3 Å². The van der Waals surface area contributed by atoms with Crippen molar-refractivity contribution in [1.82, 2.24) is 0 Å². The van der Waals surface area contributed by atoms with E-state index in [0.717, 1.165) is 12.0 Å². The molecule has 2 aliphatic heterocycles. The molecule has 1 aromatic carbocycles. The van der Waals surface area contributed by atoms with Crippen LogP contribution in [0.15, 0.2) is 30.3 Å². The lowest BCUT2D eigenvalue weighted by Gasteiger charge is -2.26. The monoisotopic (exact) mass is 308 g/mol. The average molecular weight is 308 g/mol. The van der Waals surface area contributed by atoms with Gasteiger partial charge in [-0.05, 0) is 32.3 Å². The molecule has 1 unspecified atom stereocenters. The molecule has 1 aromatic rings. The number of ether oxygens (including phenoxy) is 4. The minimum atomic E-state index is -0.647. The summed E-state index contributed by atoms with van der Waals surface area (Å²) in [6.07, 6.45) is 0.511. The summed E-state index contributed by atoms with van der Waals surface area (Å²) in [6, 6.07) is 10.0. The number of rotatable bonds is 6. The molecule has 0 aromatic heterocycles. The lowest BCUT2D eigenvalue weighted by atomic mass is 10.1. The summed E-state index contributed by atoms with van der Waals surface area (Å²) in [5, 5.41) is 9.05. The quantitative estimate of drug-likeness (QED) is 0.873. The van der Waals surface area contributed by atoms with E-state index >= 15 is 0 Å². The van der Waals surface area contributed by atoms with Gasteiger partial charge in [0.1, 0.15) is 12.2 Å². The Balaban J connectivity index is 1.66. The van der Waals surface area contributed by atoms with Crippen LogP contribution in [0.3, 0.4) is 0 Å². The molecular weight excluding hydrogens is 284 g/mol. The molecule has 22 heavy (non-hydrogen) atoms. The molecule has 0 amide bonds. The van der Waals surface area contributed by atoms with Crippen LogP contribution in [0.4, 0.5) is 0 Å². The van der Waals surface area contributed by atoms with Gasteiger partial charge in [-0.3, -0.25) is 0 Å². The molecule has 0 bridgehead atoms. The van der Waals surface area contributed by atoms with E-state index in [1.807, 2.05) is 44.2 Å². The first-order valence-electron chi connectivity index (χ1n) is 7.86. The van der Waals surface area contributed by atoms with E-state index in [4.69, 9.17) is 24.1 Å². The topological polar surface area (TPSA) is 57.2 Å². The van der Waals surface area contributed by atoms with Crippen molar-refractivity contribution in [2.24, 2.45) is 0 Å². The molecule has 0 radical (unpaired) electrons. The lowest BCUT2D eigenvalue weighted by Crippen LogP contribution is -2.36. The molecule has 3 rings (SSSR count). The van der Waals surface area contributed by atoms with Gasteiger partial charge in [0.05, 0.1) is 12.7 Å². The maximum Gasteiger partial charge on any atom is 0.190 e. The van der Waals surface area contributed by atoms with Gasteiger partial charge in [0.2, 0.25) is 0 Å². The molecule has 2 saturated heterocycles. The number of fused-ring (bicyclic) bond motifs is 1. The van der Waals surface area contributed by atoms with Crippen LogP contribution in [0.2, 0.25) is 0 Å². The lowest BCUT2D eigenvalue weighted by molar-refractivity contribution is -0.219. The van der Waals surface area contributed by atoms with E-state index in [-0.39, 0.29) is 31.2 Å². The summed E-state index contributed by atoms with van der Waals surface area (Å²) < 4.78 is 23.8. The third-order valence-corrected chi connectivity index (χ3v) is 4.02. The van der Waals surface area contributed by atoms with Crippen LogP contribution >= 0.6 is 0 Å². The summed E-state index contributed by atoms with van der Waals surface area (Å²) >= 11 is 0. The maximum absolute atomic E-state index is 9.05. The fourth-order valence-corrected chi connectivity index (χ4v) is 3.04. The van der Waals surface area contributed by atoms with E-state index in [1.165, 1.54) is 0 Å². The molecule has 5 nitrogen and oxygen atoms in total. The Labute approximate surface area is 131 Å². The van der Waals surface area contributed by atoms with E-state index in [1.54, 1.807) is 0 Å². The zero-order valence-corrected chi connectivity index (χ0v) is 13.1. The molecule has 0 saturated carbocycles. The molecular formula is C17H24O5. The van der Waals surface area contributed by atoms with Crippen molar-refractivity contribution in [3.8, 4) is 0 Å². The second-order valence-electron chi connectivity index (χ2n) is 6.27. The molecule has 2 heterocycles. The third-order valence-electron chi connectivity index (χ3n) is 4.02. The Bertz CT molecular complexity index is 475. The number of aliphatic hydroxyl groups is 1. The van der Waals surface area contributed by atoms with Crippen LogP contribution in [-0.4, -0.2) is 42.1 Å². The Hall–Kier alpha value is -0.980. The first-order valence-corrected chi connectivity index (χ1v) is 7.86. The number of aliphatic hydroxyl groups excluding tert-OH is 1. The molecule has 4 atom stereocenters. The van der Waals surface area contributed by atoms with Gasteiger partial charge in [-0.15, -0.1) is 0 Å². The average Bonchev–Trinajstić information content (AvgIpc) is 2.95. The first kappa shape index (κ1) is 15.9. The normalized spacial score (nSPS) is 33.0. The zero-order valence-electron chi connectivity index (χ0n) is 13.1. The molecule has 122 valence electrons. The van der Waals surface area contributed by atoms with Crippen molar-refractivity contribution < 1.29 is 24.1 Å². The van der Waals surface area contributed by atoms with Crippen molar-refractivity contribution in [2.45, 2.75) is 63.7 Å². The van der Waals surface area contributed by atoms with Crippen LogP contribution in [0.5, 0.6) is 0 Å². The summed E-state index contributed by atoms with van der Waals surface area (Å²) in [6.45, 7) is 4.42. The fraction of sp³-hybridized carbons (Fsp3) is 0.647. The van der Waals surface area contributed by atoms with Crippen LogP contribution in [0.25, 0.3) is 0 Å². The van der Waals surface area contributed by atoms with Crippen molar-refractivity contribution in [2.75, 3.05) is 6.61 Å². The van der Waals surface area contributed by atoms with Gasteiger partial charge >= 0.3 is 0 Å². The number of hydrogen-bond acceptors (Lipinski definition) is 5. The van der Waals surface area contributed by atoms with Crippen molar-refractivity contribution in [3.05, 3.63) is 35.9 Å². The van der Waals surface area contributed by atoms with Crippen molar-refractivity contribution >= 4 is 0 Å². The third kappa shape index (κ3) is 3.50. The van der Waals surface area contributed by atoms with Crippen molar-refractivity contribution in [1.29, 1.82) is 0 Å². The Morgan fingerprint density at radius 1 is 1.18 bits per heavy atom. The zero-order chi connectivity index (χ0) is 15.6. The van der Waals surface area contributed by atoms with Crippen LogP contribution < -0.4 is 0 Å². The summed E-state index contributed by atoms with van der Waals surface area (Å²) in [7, 11) is 0. The van der Waals surface area contributed by atoms with Gasteiger partial charge in [-0.25, -0.2) is 0 Å². The highest BCUT2D eigenvalue weighted by Gasteiger charge is 2.55. The van der Waals surface area contributed by atoms with Gasteiger partial charge in [0.15, 0.2) is 12.1 Å². The predicted octanol–water partition coefficient (Wildman–Crippen LogP) is 2.22. The molecule has 5 heteroatoms. The van der Waals surface area contributed by atoms with E-state index in [2.05, 4.69) is 0 Å². The van der Waals surface area contributed by atoms with Gasteiger partial charge in [-0.2, -0.15) is 0 Å². The van der Waals surface area contributed by atoms with Crippen LogP contribution in [0, 0.1) is 0 Å². The minimum absolute atomic E-state index is 0.109. The SMILES string of the molecule is CC1(C)O[C@H]2OC(CCCO)[C@H](OCc3ccccc3)[C@H]2O1. The fourth-order valence-electron chi connectivity index (χ4n) is 3.04. The number of hydrogen-bond donors (Lipinski definition) is 1. The maximum atomic E-state index is 9.05. The van der Waals surface area contributed by atoms with Crippen LogP contribution in [0.1, 0.15) is 32.3 Å². The summed E-state index contributed by atoms with van der Waals surface area (Å²) in [5.74, 6) is -0.647. The molecule has 2 fully saturated rings. The predicted molar refractivity (Wildman–Crippen MR) is 80.0 cm³/mol. The van der Waals surface area contributed by atoms with Crippen molar-refractivity contribution in [3.63, 3.8) is 0 Å². The summed E-state index contributed by atoms with van der Waals surface area (Å²) in [5.41, 5.74) is 1.12. The minimum Gasteiger partial charge on any atom is -0.396 e. The Morgan fingerprint density at radius 3 is 2.68 bits per heavy atom. The molecule has 1 N–H and O–H groups in total. The Kier molecular flexibility index (Phi) is 4.80. The second kappa shape index (κ2) is 6.64. The molecule has 0 spiro atoms. The summed E-state index contributed by atoms with van der Waals surface area (Å²) in [4.78, 5) is 0. The van der Waals surface area contributed by atoms with E-state index in [9.17, 15) is 0 Å². The number of benzene rings is 1. The first-order chi connectivity index (χ1) is 10.6. The van der Waals surface area contributed by atoms with Gasteiger partial charge in [0, 0.05) is 6.61 Å². The van der Waals surface area contributed by atoms with Gasteiger partial charge < -0.3 is 24.1 Å². The van der Waals surface area contributed by atoms with E-state index < -0.39 is 5.79 Å². The highest BCUT2D eigenvalue weighted by atomic mass is 16.8. The van der Waals surface area contributed by atoms with E-state index in [0.29, 0.717) is 13.0 Å². The van der Waals surface area contributed by atoms with Crippen LogP contribution in [-0.2, 0) is 25.6 Å². The molecule has 2 aliphatic rings. The second-order valence-corrected chi connectivity index (χ2v) is 6.27. The Morgan fingerprint density at radius 2 is 1.95 bits per heavy atom. The smallest absolute Gasteiger partial charge is 0.190 e.